The summed E-state index contributed by atoms with van der Waals surface area (Å²) in [6.45, 7) is 0. The number of para-hydroxylation sites is 1. The zero-order valence-electron chi connectivity index (χ0n) is 12.1. The smallest absolute Gasteiger partial charge is 0.312 e. The van der Waals surface area contributed by atoms with E-state index in [0.717, 1.165) is 10.9 Å². The van der Waals surface area contributed by atoms with Crippen molar-refractivity contribution < 1.29 is 19.4 Å². The molecule has 2 aromatic carbocycles. The summed E-state index contributed by atoms with van der Waals surface area (Å²) in [6.07, 6.45) is 1.63. The van der Waals surface area contributed by atoms with Crippen LogP contribution >= 0.6 is 8.03 Å². The van der Waals surface area contributed by atoms with E-state index in [0.29, 0.717) is 11.1 Å². The van der Waals surface area contributed by atoms with Gasteiger partial charge in [0.2, 0.25) is 0 Å². The molecule has 0 saturated heterocycles. The molecule has 0 spiro atoms. The highest BCUT2D eigenvalue weighted by molar-refractivity contribution is 7.38. The Bertz CT molecular complexity index is 859. The lowest BCUT2D eigenvalue weighted by Crippen LogP contribution is -2.18. The monoisotopic (exact) mass is 329 g/mol. The van der Waals surface area contributed by atoms with Crippen LogP contribution in [0.5, 0.6) is 0 Å². The largest absolute Gasteiger partial charge is 0.481 e. The molecular weight excluding hydrogens is 313 g/mol. The molecule has 1 heterocycles. The summed E-state index contributed by atoms with van der Waals surface area (Å²) < 4.78 is 12.1. The highest BCUT2D eigenvalue weighted by Gasteiger charge is 2.36. The van der Waals surface area contributed by atoms with Gasteiger partial charge in [-0.25, -0.2) is 0 Å². The molecule has 0 bridgehead atoms. The molecule has 3 unspecified atom stereocenters. The van der Waals surface area contributed by atoms with Crippen LogP contribution in [0.4, 0.5) is 0 Å². The number of aromatic amines is 1. The van der Waals surface area contributed by atoms with Crippen molar-refractivity contribution in [1.82, 2.24) is 4.98 Å². The second-order valence-corrected chi connectivity index (χ2v) is 6.63. The van der Waals surface area contributed by atoms with Gasteiger partial charge in [-0.15, -0.1) is 0 Å². The first-order valence-electron chi connectivity index (χ1n) is 7.16. The number of aliphatic carboxylic acids is 1. The van der Waals surface area contributed by atoms with Crippen LogP contribution in [0.2, 0.25) is 0 Å². The van der Waals surface area contributed by atoms with Crippen molar-refractivity contribution in [3.05, 3.63) is 71.9 Å². The number of H-pyrrole nitrogens is 1. The van der Waals surface area contributed by atoms with Gasteiger partial charge in [0.15, 0.2) is 8.03 Å². The van der Waals surface area contributed by atoms with E-state index in [2.05, 4.69) is 4.98 Å². The maximum absolute atomic E-state index is 12.1. The number of hydrogen-bond acceptors (Lipinski definition) is 2. The van der Waals surface area contributed by atoms with E-state index in [4.69, 9.17) is 0 Å². The van der Waals surface area contributed by atoms with Gasteiger partial charge < -0.3 is 15.0 Å². The third-order valence-electron chi connectivity index (χ3n) is 3.98. The molecule has 1 aromatic heterocycles. The Morgan fingerprint density at radius 2 is 1.70 bits per heavy atom. The number of aromatic nitrogens is 1. The topological polar surface area (TPSA) is 90.4 Å². The molecule has 0 fully saturated rings. The fraction of sp³-hybridized carbons (Fsp3) is 0.118. The van der Waals surface area contributed by atoms with Gasteiger partial charge in [0, 0.05) is 17.1 Å². The summed E-state index contributed by atoms with van der Waals surface area (Å²) in [6, 6.07) is 15.9. The molecule has 0 aliphatic rings. The molecule has 23 heavy (non-hydrogen) atoms. The Labute approximate surface area is 133 Å². The standard InChI is InChI=1S/C17H16NO4P/c19-17(20)15(11-6-2-1-3-7-11)16(23(21)22)13-10-18-14-9-5-4-8-12(13)14/h1-10,15-16,18,23H,(H,19,20)(H,21,22). The van der Waals surface area contributed by atoms with Crippen LogP contribution in [-0.4, -0.2) is 21.0 Å². The first kappa shape index (κ1) is 15.5. The lowest BCUT2D eigenvalue weighted by atomic mass is 9.91. The summed E-state index contributed by atoms with van der Waals surface area (Å²) in [5, 5.41) is 10.4. The summed E-state index contributed by atoms with van der Waals surface area (Å²) in [5.74, 6) is -2.19. The van der Waals surface area contributed by atoms with Crippen molar-refractivity contribution >= 4 is 24.9 Å². The van der Waals surface area contributed by atoms with Gasteiger partial charge in [0.1, 0.15) is 0 Å². The van der Waals surface area contributed by atoms with E-state index in [1.165, 1.54) is 0 Å². The molecule has 0 radical (unpaired) electrons. The SMILES string of the molecule is O=C(O)C(c1ccccc1)C(c1c[nH]c2ccccc12)[PH](=O)O. The molecule has 3 N–H and O–H groups in total. The van der Waals surface area contributed by atoms with Crippen LogP contribution in [0.15, 0.2) is 60.8 Å². The van der Waals surface area contributed by atoms with Crippen LogP contribution in [0, 0.1) is 0 Å². The van der Waals surface area contributed by atoms with Gasteiger partial charge >= 0.3 is 5.97 Å². The minimum atomic E-state index is -3.13. The molecule has 0 amide bonds. The number of fused-ring (bicyclic) bond motifs is 1. The van der Waals surface area contributed by atoms with Crippen LogP contribution in [0.1, 0.15) is 22.7 Å². The van der Waals surface area contributed by atoms with Gasteiger partial charge in [-0.3, -0.25) is 9.36 Å². The van der Waals surface area contributed by atoms with Crippen molar-refractivity contribution in [2.24, 2.45) is 0 Å². The number of rotatable bonds is 5. The predicted octanol–water partition coefficient (Wildman–Crippen LogP) is 3.54. The molecule has 118 valence electrons. The Morgan fingerprint density at radius 3 is 2.35 bits per heavy atom. The van der Waals surface area contributed by atoms with E-state index in [1.807, 2.05) is 24.3 Å². The molecule has 0 aliphatic heterocycles. The van der Waals surface area contributed by atoms with Gasteiger partial charge in [0.25, 0.3) is 0 Å². The molecule has 3 rings (SSSR count). The number of nitrogens with one attached hydrogen (secondary N) is 1. The van der Waals surface area contributed by atoms with E-state index in [1.54, 1.807) is 36.5 Å². The van der Waals surface area contributed by atoms with Crippen LogP contribution < -0.4 is 0 Å². The lowest BCUT2D eigenvalue weighted by Gasteiger charge is -2.22. The van der Waals surface area contributed by atoms with E-state index in [-0.39, 0.29) is 0 Å². The van der Waals surface area contributed by atoms with E-state index in [9.17, 15) is 19.4 Å². The minimum absolute atomic E-state index is 0.516. The lowest BCUT2D eigenvalue weighted by molar-refractivity contribution is -0.138. The normalized spacial score (nSPS) is 15.2. The van der Waals surface area contributed by atoms with Crippen molar-refractivity contribution in [1.29, 1.82) is 0 Å². The van der Waals surface area contributed by atoms with Crippen molar-refractivity contribution in [2.45, 2.75) is 11.6 Å². The fourth-order valence-electron chi connectivity index (χ4n) is 2.94. The summed E-state index contributed by atoms with van der Waals surface area (Å²) in [4.78, 5) is 24.8. The van der Waals surface area contributed by atoms with E-state index < -0.39 is 25.6 Å². The maximum atomic E-state index is 12.1. The second-order valence-electron chi connectivity index (χ2n) is 5.33. The summed E-state index contributed by atoms with van der Waals surface area (Å²) in [7, 11) is -3.13. The number of benzene rings is 2. The fourth-order valence-corrected chi connectivity index (χ4v) is 4.07. The molecule has 0 saturated carbocycles. The summed E-state index contributed by atoms with van der Waals surface area (Å²) >= 11 is 0. The van der Waals surface area contributed by atoms with Gasteiger partial charge in [-0.05, 0) is 17.2 Å². The third-order valence-corrected chi connectivity index (χ3v) is 5.16. The third kappa shape index (κ3) is 2.93. The summed E-state index contributed by atoms with van der Waals surface area (Å²) in [5.41, 5.74) is 0.898. The Kier molecular flexibility index (Phi) is 4.33. The van der Waals surface area contributed by atoms with Crippen molar-refractivity contribution in [2.75, 3.05) is 0 Å². The van der Waals surface area contributed by atoms with Gasteiger partial charge in [0.05, 0.1) is 11.6 Å². The zero-order chi connectivity index (χ0) is 16.4. The quantitative estimate of drug-likeness (QED) is 0.624. The average Bonchev–Trinajstić information content (AvgIpc) is 2.96. The molecule has 3 aromatic rings. The first-order chi connectivity index (χ1) is 11.1. The van der Waals surface area contributed by atoms with Gasteiger partial charge in [-0.2, -0.15) is 0 Å². The van der Waals surface area contributed by atoms with Crippen molar-refractivity contribution in [3.8, 4) is 0 Å². The number of carbonyl (C=O) groups is 1. The highest BCUT2D eigenvalue weighted by atomic mass is 31.1. The average molecular weight is 329 g/mol. The number of carboxylic acid groups (broad SMARTS) is 1. The van der Waals surface area contributed by atoms with Gasteiger partial charge in [-0.1, -0.05) is 48.5 Å². The molecule has 6 heteroatoms. The molecular formula is C17H16NO4P. The highest BCUT2D eigenvalue weighted by Crippen LogP contribution is 2.49. The number of carboxylic acids is 1. The molecule has 0 aliphatic carbocycles. The van der Waals surface area contributed by atoms with Crippen LogP contribution in [-0.2, 0) is 9.36 Å². The maximum Gasteiger partial charge on any atom is 0.312 e. The molecule has 3 atom stereocenters. The Morgan fingerprint density at radius 1 is 1.04 bits per heavy atom. The van der Waals surface area contributed by atoms with Crippen LogP contribution in [0.3, 0.4) is 0 Å². The predicted molar refractivity (Wildman–Crippen MR) is 89.1 cm³/mol. The minimum Gasteiger partial charge on any atom is -0.481 e. The zero-order valence-corrected chi connectivity index (χ0v) is 13.1. The number of hydrogen-bond donors (Lipinski definition) is 3. The van der Waals surface area contributed by atoms with Crippen LogP contribution in [0.25, 0.3) is 10.9 Å². The Hall–Kier alpha value is -2.36. The first-order valence-corrected chi connectivity index (χ1v) is 8.59. The molecule has 5 nitrogen and oxygen atoms in total. The second kappa shape index (κ2) is 6.41. The van der Waals surface area contributed by atoms with Crippen molar-refractivity contribution in [3.63, 3.8) is 0 Å². The van der Waals surface area contributed by atoms with E-state index >= 15 is 0 Å². The Balaban J connectivity index is 2.17.